The molecule has 0 bridgehead atoms. The zero-order chi connectivity index (χ0) is 10.7. The van der Waals surface area contributed by atoms with Crippen LogP contribution in [0.5, 0.6) is 0 Å². The summed E-state index contributed by atoms with van der Waals surface area (Å²) in [5, 5.41) is 3.01. The molecule has 1 aromatic heterocycles. The summed E-state index contributed by atoms with van der Waals surface area (Å²) in [6.07, 6.45) is 1.61. The van der Waals surface area contributed by atoms with E-state index in [0.717, 1.165) is 16.9 Å². The van der Waals surface area contributed by atoms with Crippen molar-refractivity contribution in [2.45, 2.75) is 6.54 Å². The van der Waals surface area contributed by atoms with Gasteiger partial charge in [-0.15, -0.1) is 0 Å². The zero-order valence-corrected chi connectivity index (χ0v) is 8.46. The van der Waals surface area contributed by atoms with Crippen molar-refractivity contribution < 1.29 is 8.81 Å². The van der Waals surface area contributed by atoms with Crippen LogP contribution >= 0.6 is 0 Å². The minimum atomic E-state index is -0.226. The first-order chi connectivity index (χ1) is 7.31. The highest BCUT2D eigenvalue weighted by molar-refractivity contribution is 5.62. The van der Waals surface area contributed by atoms with E-state index < -0.39 is 0 Å². The molecular weight excluding hydrogens is 193 g/mol. The Morgan fingerprint density at radius 1 is 1.33 bits per heavy atom. The molecule has 2 aromatic rings. The molecule has 0 radical (unpaired) electrons. The molecule has 78 valence electrons. The molecule has 0 saturated carbocycles. The van der Waals surface area contributed by atoms with Crippen molar-refractivity contribution in [3.63, 3.8) is 0 Å². The van der Waals surface area contributed by atoms with E-state index in [0.29, 0.717) is 6.54 Å². The lowest BCUT2D eigenvalue weighted by Gasteiger charge is -2.06. The highest BCUT2D eigenvalue weighted by atomic mass is 19.1. The number of hydrogen-bond donors (Lipinski definition) is 1. The lowest BCUT2D eigenvalue weighted by molar-refractivity contribution is 0.580. The van der Waals surface area contributed by atoms with Gasteiger partial charge in [0.25, 0.3) is 0 Å². The van der Waals surface area contributed by atoms with Gasteiger partial charge >= 0.3 is 0 Å². The second kappa shape index (κ2) is 4.28. The maximum atomic E-state index is 13.1. The third-order valence-corrected chi connectivity index (χ3v) is 2.22. The fourth-order valence-electron chi connectivity index (χ4n) is 1.57. The minimum absolute atomic E-state index is 0.226. The first-order valence-electron chi connectivity index (χ1n) is 4.78. The van der Waals surface area contributed by atoms with Crippen molar-refractivity contribution in [3.05, 3.63) is 48.0 Å². The molecule has 0 fully saturated rings. The minimum Gasteiger partial charge on any atom is -0.464 e. The second-order valence-electron chi connectivity index (χ2n) is 3.31. The fraction of sp³-hybridized carbons (Fsp3) is 0.167. The fourth-order valence-corrected chi connectivity index (χ4v) is 1.57. The number of nitrogens with one attached hydrogen (secondary N) is 1. The van der Waals surface area contributed by atoms with E-state index in [1.807, 2.05) is 19.2 Å². The Morgan fingerprint density at radius 3 is 2.87 bits per heavy atom. The molecule has 0 saturated heterocycles. The van der Waals surface area contributed by atoms with Crippen molar-refractivity contribution in [2.75, 3.05) is 7.05 Å². The predicted molar refractivity (Wildman–Crippen MR) is 56.9 cm³/mol. The average molecular weight is 205 g/mol. The Bertz CT molecular complexity index is 437. The number of rotatable bonds is 3. The Labute approximate surface area is 87.7 Å². The van der Waals surface area contributed by atoms with Crippen LogP contribution < -0.4 is 5.32 Å². The monoisotopic (exact) mass is 205 g/mol. The summed E-state index contributed by atoms with van der Waals surface area (Å²) in [4.78, 5) is 0. The number of halogens is 1. The van der Waals surface area contributed by atoms with Gasteiger partial charge in [-0.05, 0) is 42.9 Å². The van der Waals surface area contributed by atoms with E-state index in [-0.39, 0.29) is 5.82 Å². The van der Waals surface area contributed by atoms with Gasteiger partial charge in [0.1, 0.15) is 11.6 Å². The van der Waals surface area contributed by atoms with Gasteiger partial charge < -0.3 is 9.73 Å². The largest absolute Gasteiger partial charge is 0.464 e. The van der Waals surface area contributed by atoms with Crippen LogP contribution in [0, 0.1) is 5.82 Å². The molecule has 0 aliphatic rings. The number of hydrogen-bond acceptors (Lipinski definition) is 2. The Hall–Kier alpha value is -1.61. The summed E-state index contributed by atoms with van der Waals surface area (Å²) in [6.45, 7) is 0.619. The van der Waals surface area contributed by atoms with Crippen molar-refractivity contribution in [3.8, 4) is 11.3 Å². The molecule has 2 nitrogen and oxygen atoms in total. The SMILES string of the molecule is CNCc1cc(F)ccc1-c1ccco1. The van der Waals surface area contributed by atoms with Gasteiger partial charge in [-0.2, -0.15) is 0 Å². The van der Waals surface area contributed by atoms with Gasteiger partial charge in [0.2, 0.25) is 0 Å². The molecule has 0 amide bonds. The Kier molecular flexibility index (Phi) is 2.83. The molecule has 2 rings (SSSR count). The summed E-state index contributed by atoms with van der Waals surface area (Å²) < 4.78 is 18.3. The lowest BCUT2D eigenvalue weighted by Crippen LogP contribution is -2.06. The first-order valence-corrected chi connectivity index (χ1v) is 4.78. The summed E-state index contributed by atoms with van der Waals surface area (Å²) in [7, 11) is 1.83. The van der Waals surface area contributed by atoms with Crippen LogP contribution in [0.3, 0.4) is 0 Å². The first kappa shape index (κ1) is 9.93. The van der Waals surface area contributed by atoms with E-state index in [4.69, 9.17) is 4.42 Å². The molecule has 0 spiro atoms. The normalized spacial score (nSPS) is 10.5. The molecule has 0 unspecified atom stereocenters. The Morgan fingerprint density at radius 2 is 2.20 bits per heavy atom. The van der Waals surface area contributed by atoms with Crippen LogP contribution in [0.2, 0.25) is 0 Å². The quantitative estimate of drug-likeness (QED) is 0.833. The molecule has 0 aliphatic heterocycles. The zero-order valence-electron chi connectivity index (χ0n) is 8.46. The molecule has 1 N–H and O–H groups in total. The van der Waals surface area contributed by atoms with Gasteiger partial charge in [-0.3, -0.25) is 0 Å². The van der Waals surface area contributed by atoms with E-state index >= 15 is 0 Å². The summed E-state index contributed by atoms with van der Waals surface area (Å²) in [5.74, 6) is 0.538. The molecule has 0 aliphatic carbocycles. The second-order valence-corrected chi connectivity index (χ2v) is 3.31. The van der Waals surface area contributed by atoms with E-state index in [9.17, 15) is 4.39 Å². The maximum Gasteiger partial charge on any atom is 0.134 e. The van der Waals surface area contributed by atoms with Crippen LogP contribution in [0.25, 0.3) is 11.3 Å². The van der Waals surface area contributed by atoms with Crippen molar-refractivity contribution in [1.29, 1.82) is 0 Å². The number of benzene rings is 1. The highest BCUT2D eigenvalue weighted by Gasteiger charge is 2.07. The van der Waals surface area contributed by atoms with Gasteiger partial charge in [0.05, 0.1) is 6.26 Å². The summed E-state index contributed by atoms with van der Waals surface area (Å²) in [6, 6.07) is 8.39. The average Bonchev–Trinajstić information content (AvgIpc) is 2.71. The smallest absolute Gasteiger partial charge is 0.134 e. The molecule has 1 aromatic carbocycles. The topological polar surface area (TPSA) is 25.2 Å². The van der Waals surface area contributed by atoms with Crippen LogP contribution in [0.1, 0.15) is 5.56 Å². The van der Waals surface area contributed by atoms with Crippen LogP contribution in [-0.2, 0) is 6.54 Å². The molecule has 0 atom stereocenters. The molecule has 3 heteroatoms. The summed E-state index contributed by atoms with van der Waals surface area (Å²) in [5.41, 5.74) is 1.82. The van der Waals surface area contributed by atoms with Gasteiger partial charge in [-0.1, -0.05) is 0 Å². The maximum absolute atomic E-state index is 13.1. The van der Waals surface area contributed by atoms with E-state index in [2.05, 4.69) is 5.32 Å². The molecule has 1 heterocycles. The standard InChI is InChI=1S/C12H12FNO/c1-14-8-9-7-10(13)4-5-11(9)12-3-2-6-15-12/h2-7,14H,8H2,1H3. The highest BCUT2D eigenvalue weighted by Crippen LogP contribution is 2.24. The third-order valence-electron chi connectivity index (χ3n) is 2.22. The van der Waals surface area contributed by atoms with E-state index in [1.54, 1.807) is 12.3 Å². The third kappa shape index (κ3) is 2.07. The van der Waals surface area contributed by atoms with E-state index in [1.165, 1.54) is 12.1 Å². The predicted octanol–water partition coefficient (Wildman–Crippen LogP) is 2.81. The Balaban J connectivity index is 2.46. The van der Waals surface area contributed by atoms with Gasteiger partial charge in [0.15, 0.2) is 0 Å². The van der Waals surface area contributed by atoms with Crippen LogP contribution in [0.15, 0.2) is 41.0 Å². The van der Waals surface area contributed by atoms with Crippen molar-refractivity contribution >= 4 is 0 Å². The van der Waals surface area contributed by atoms with Crippen molar-refractivity contribution in [2.24, 2.45) is 0 Å². The number of furan rings is 1. The van der Waals surface area contributed by atoms with Gasteiger partial charge in [-0.25, -0.2) is 4.39 Å². The lowest BCUT2D eigenvalue weighted by atomic mass is 10.1. The molecule has 15 heavy (non-hydrogen) atoms. The van der Waals surface area contributed by atoms with Crippen LogP contribution in [-0.4, -0.2) is 7.05 Å². The molecular formula is C12H12FNO. The van der Waals surface area contributed by atoms with Crippen LogP contribution in [0.4, 0.5) is 4.39 Å². The summed E-state index contributed by atoms with van der Waals surface area (Å²) >= 11 is 0. The van der Waals surface area contributed by atoms with Crippen molar-refractivity contribution in [1.82, 2.24) is 5.32 Å². The van der Waals surface area contributed by atoms with Gasteiger partial charge in [0, 0.05) is 12.1 Å².